The van der Waals surface area contributed by atoms with Crippen LogP contribution < -0.4 is 0 Å². The highest BCUT2D eigenvalue weighted by molar-refractivity contribution is 7.99. The molecule has 132 valence electrons. The fourth-order valence-electron chi connectivity index (χ4n) is 2.84. The Morgan fingerprint density at radius 1 is 1.16 bits per heavy atom. The molecule has 25 heavy (non-hydrogen) atoms. The van der Waals surface area contributed by atoms with Crippen LogP contribution in [0.4, 0.5) is 8.78 Å². The summed E-state index contributed by atoms with van der Waals surface area (Å²) in [5.41, 5.74) is -0.891. The second-order valence-electron chi connectivity index (χ2n) is 6.09. The monoisotopic (exact) mass is 364 g/mol. The van der Waals surface area contributed by atoms with Gasteiger partial charge in [0.2, 0.25) is 0 Å². The second kappa shape index (κ2) is 7.23. The quantitative estimate of drug-likeness (QED) is 0.821. The van der Waals surface area contributed by atoms with E-state index in [9.17, 15) is 18.7 Å². The number of carbonyl (C=O) groups is 1. The van der Waals surface area contributed by atoms with Gasteiger partial charge in [-0.15, -0.1) is 0 Å². The van der Waals surface area contributed by atoms with E-state index in [0.717, 1.165) is 23.9 Å². The van der Waals surface area contributed by atoms with E-state index in [0.29, 0.717) is 23.7 Å². The summed E-state index contributed by atoms with van der Waals surface area (Å²) >= 11 is 1.06. The molecule has 3 nitrogen and oxygen atoms in total. The molecule has 1 heterocycles. The Labute approximate surface area is 149 Å². The zero-order valence-corrected chi connectivity index (χ0v) is 14.5. The molecule has 1 aliphatic heterocycles. The van der Waals surface area contributed by atoms with Crippen molar-refractivity contribution in [2.24, 2.45) is 0 Å². The molecule has 0 unspecified atom stereocenters. The molecule has 0 atom stereocenters. The van der Waals surface area contributed by atoms with Gasteiger partial charge in [0.1, 0.15) is 11.6 Å². The minimum Gasteiger partial charge on any atom is -0.385 e. The van der Waals surface area contributed by atoms with Gasteiger partial charge in [0, 0.05) is 42.1 Å². The van der Waals surface area contributed by atoms with Gasteiger partial charge in [0.25, 0.3) is 0 Å². The summed E-state index contributed by atoms with van der Waals surface area (Å²) in [5, 5.41) is 10.7. The van der Waals surface area contributed by atoms with E-state index in [-0.39, 0.29) is 29.1 Å². The summed E-state index contributed by atoms with van der Waals surface area (Å²) in [6, 6.07) is 8.85. The molecule has 1 fully saturated rings. The van der Waals surface area contributed by atoms with Crippen molar-refractivity contribution in [2.45, 2.75) is 35.2 Å². The summed E-state index contributed by atoms with van der Waals surface area (Å²) in [4.78, 5) is 12.1. The third kappa shape index (κ3) is 3.92. The van der Waals surface area contributed by atoms with Crippen LogP contribution in [0.2, 0.25) is 0 Å². The summed E-state index contributed by atoms with van der Waals surface area (Å²) in [7, 11) is 0. The summed E-state index contributed by atoms with van der Waals surface area (Å²) in [5.74, 6) is -1.27. The van der Waals surface area contributed by atoms with Gasteiger partial charge in [-0.2, -0.15) is 0 Å². The van der Waals surface area contributed by atoms with E-state index in [1.807, 2.05) is 0 Å². The average molecular weight is 364 g/mol. The molecule has 1 saturated heterocycles. The van der Waals surface area contributed by atoms with Crippen LogP contribution in [0.1, 0.15) is 35.7 Å². The molecule has 1 aliphatic rings. The largest absolute Gasteiger partial charge is 0.385 e. The number of ether oxygens (including phenoxy) is 1. The number of ketones is 1. The minimum absolute atomic E-state index is 0.0290. The van der Waals surface area contributed by atoms with E-state index in [2.05, 4.69) is 0 Å². The first kappa shape index (κ1) is 18.0. The predicted octanol–water partition coefficient (Wildman–Crippen LogP) is 4.32. The lowest BCUT2D eigenvalue weighted by Gasteiger charge is -2.33. The number of rotatable bonds is 4. The SMILES string of the molecule is CC(=O)c1ccc(Sc2cc(F)cc(C3(O)CCOCC3)c2F)cc1. The van der Waals surface area contributed by atoms with E-state index in [1.165, 1.54) is 6.92 Å². The molecule has 6 heteroatoms. The lowest BCUT2D eigenvalue weighted by atomic mass is 9.86. The first-order chi connectivity index (χ1) is 11.9. The molecular formula is C19H18F2O3S. The molecule has 0 radical (unpaired) electrons. The van der Waals surface area contributed by atoms with Gasteiger partial charge in [0.05, 0.1) is 10.5 Å². The number of hydrogen-bond acceptors (Lipinski definition) is 4. The normalized spacial score (nSPS) is 16.6. The Hall–Kier alpha value is -1.76. The van der Waals surface area contributed by atoms with Crippen molar-refractivity contribution in [3.63, 3.8) is 0 Å². The third-order valence-electron chi connectivity index (χ3n) is 4.31. The van der Waals surface area contributed by atoms with Crippen LogP contribution in [0.3, 0.4) is 0 Å². The molecule has 0 amide bonds. The van der Waals surface area contributed by atoms with Gasteiger partial charge in [0.15, 0.2) is 5.78 Å². The fraction of sp³-hybridized carbons (Fsp3) is 0.316. The second-order valence-corrected chi connectivity index (χ2v) is 7.21. The van der Waals surface area contributed by atoms with Crippen LogP contribution >= 0.6 is 11.8 Å². The molecule has 2 aromatic rings. The number of carbonyl (C=O) groups excluding carboxylic acids is 1. The van der Waals surface area contributed by atoms with Crippen molar-refractivity contribution in [2.75, 3.05) is 13.2 Å². The zero-order valence-electron chi connectivity index (χ0n) is 13.7. The molecule has 0 bridgehead atoms. The molecular weight excluding hydrogens is 346 g/mol. The van der Waals surface area contributed by atoms with Gasteiger partial charge in [-0.3, -0.25) is 4.79 Å². The lowest BCUT2D eigenvalue weighted by molar-refractivity contribution is -0.0702. The maximum Gasteiger partial charge on any atom is 0.159 e. The number of hydrogen-bond donors (Lipinski definition) is 1. The van der Waals surface area contributed by atoms with Gasteiger partial charge in [-0.1, -0.05) is 23.9 Å². The number of halogens is 2. The zero-order chi connectivity index (χ0) is 18.0. The lowest BCUT2D eigenvalue weighted by Crippen LogP contribution is -2.34. The van der Waals surface area contributed by atoms with Crippen molar-refractivity contribution in [3.05, 3.63) is 59.2 Å². The van der Waals surface area contributed by atoms with Gasteiger partial charge in [-0.25, -0.2) is 8.78 Å². The number of benzene rings is 2. The summed E-state index contributed by atoms with van der Waals surface area (Å²) < 4.78 is 34.2. The third-order valence-corrected chi connectivity index (χ3v) is 5.34. The van der Waals surface area contributed by atoms with Crippen LogP contribution in [0, 0.1) is 11.6 Å². The Bertz CT molecular complexity index is 784. The smallest absolute Gasteiger partial charge is 0.159 e. The molecule has 0 saturated carbocycles. The van der Waals surface area contributed by atoms with Crippen molar-refractivity contribution in [1.82, 2.24) is 0 Å². The van der Waals surface area contributed by atoms with Crippen molar-refractivity contribution >= 4 is 17.5 Å². The molecule has 0 spiro atoms. The first-order valence-corrected chi connectivity index (χ1v) is 8.79. The number of aliphatic hydroxyl groups is 1. The number of Topliss-reactive ketones (excluding diaryl/α,β-unsaturated/α-hetero) is 1. The van der Waals surface area contributed by atoms with Gasteiger partial charge < -0.3 is 9.84 Å². The maximum atomic E-state index is 14.9. The topological polar surface area (TPSA) is 46.5 Å². The van der Waals surface area contributed by atoms with Crippen LogP contribution in [0.15, 0.2) is 46.2 Å². The maximum absolute atomic E-state index is 14.9. The molecule has 0 aromatic heterocycles. The first-order valence-electron chi connectivity index (χ1n) is 7.97. The minimum atomic E-state index is -1.42. The highest BCUT2D eigenvalue weighted by Crippen LogP contribution is 2.39. The van der Waals surface area contributed by atoms with E-state index < -0.39 is 17.2 Å². The summed E-state index contributed by atoms with van der Waals surface area (Å²) in [6.07, 6.45) is 0.454. The highest BCUT2D eigenvalue weighted by Gasteiger charge is 2.35. The molecule has 2 aromatic carbocycles. The van der Waals surface area contributed by atoms with Crippen LogP contribution in [0.25, 0.3) is 0 Å². The van der Waals surface area contributed by atoms with Crippen molar-refractivity contribution in [3.8, 4) is 0 Å². The van der Waals surface area contributed by atoms with Crippen molar-refractivity contribution in [1.29, 1.82) is 0 Å². The Balaban J connectivity index is 1.92. The predicted molar refractivity (Wildman–Crippen MR) is 90.9 cm³/mol. The highest BCUT2D eigenvalue weighted by atomic mass is 32.2. The Morgan fingerprint density at radius 3 is 2.40 bits per heavy atom. The average Bonchev–Trinajstić information content (AvgIpc) is 2.59. The van der Waals surface area contributed by atoms with Crippen LogP contribution in [-0.2, 0) is 10.3 Å². The standard InChI is InChI=1S/C19H18F2O3S/c1-12(22)13-2-4-15(5-3-13)25-17-11-14(20)10-16(18(17)21)19(23)6-8-24-9-7-19/h2-5,10-11,23H,6-9H2,1H3. The van der Waals surface area contributed by atoms with E-state index in [1.54, 1.807) is 24.3 Å². The van der Waals surface area contributed by atoms with Crippen LogP contribution in [0.5, 0.6) is 0 Å². The molecule has 1 N–H and O–H groups in total. The molecule has 0 aliphatic carbocycles. The fourth-order valence-corrected chi connectivity index (χ4v) is 3.74. The van der Waals surface area contributed by atoms with E-state index in [4.69, 9.17) is 4.74 Å². The van der Waals surface area contributed by atoms with Gasteiger partial charge in [-0.05, 0) is 31.2 Å². The van der Waals surface area contributed by atoms with Crippen LogP contribution in [-0.4, -0.2) is 24.1 Å². The summed E-state index contributed by atoms with van der Waals surface area (Å²) in [6.45, 7) is 2.08. The van der Waals surface area contributed by atoms with Gasteiger partial charge >= 0.3 is 0 Å². The molecule has 3 rings (SSSR count). The Morgan fingerprint density at radius 2 is 1.80 bits per heavy atom. The Kier molecular flexibility index (Phi) is 5.22. The van der Waals surface area contributed by atoms with Crippen molar-refractivity contribution < 1.29 is 23.4 Å². The van der Waals surface area contributed by atoms with E-state index >= 15 is 0 Å².